The van der Waals surface area contributed by atoms with Crippen LogP contribution in [0.3, 0.4) is 0 Å². The van der Waals surface area contributed by atoms with Crippen molar-refractivity contribution >= 4 is 43.5 Å². The fourth-order valence-corrected chi connectivity index (χ4v) is 5.04. The number of thiophene rings is 1. The van der Waals surface area contributed by atoms with E-state index in [4.69, 9.17) is 8.53 Å². The van der Waals surface area contributed by atoms with Crippen molar-refractivity contribution in [3.8, 4) is 22.5 Å². The minimum Gasteiger partial charge on any atom is -0.486 e. The van der Waals surface area contributed by atoms with E-state index in [9.17, 15) is 0 Å². The zero-order chi connectivity index (χ0) is 28.7. The summed E-state index contributed by atoms with van der Waals surface area (Å²) >= 11 is 1.65. The van der Waals surface area contributed by atoms with Crippen LogP contribution in [0, 0.1) is 39.8 Å². The average Bonchev–Trinajstić information content (AvgIpc) is 3.58. The van der Waals surface area contributed by atoms with Crippen molar-refractivity contribution in [2.45, 2.75) is 27.6 Å². The van der Waals surface area contributed by atoms with Crippen LogP contribution in [-0.2, 0) is 20.1 Å². The van der Waals surface area contributed by atoms with E-state index in [1.807, 2.05) is 48.1 Å². The molecule has 5 aromatic heterocycles. The summed E-state index contributed by atoms with van der Waals surface area (Å²) in [5.74, 6) is 0. The Morgan fingerprint density at radius 2 is 1.74 bits per heavy atom. The predicted molar refractivity (Wildman–Crippen MR) is 156 cm³/mol. The Hall–Kier alpha value is -3.70. The Bertz CT molecular complexity index is 2030. The number of hydrogen-bond acceptors (Lipinski definition) is 5. The van der Waals surface area contributed by atoms with E-state index in [2.05, 4.69) is 66.1 Å². The van der Waals surface area contributed by atoms with Crippen LogP contribution >= 0.6 is 11.3 Å². The van der Waals surface area contributed by atoms with Gasteiger partial charge in [0.05, 0.1) is 5.58 Å². The van der Waals surface area contributed by atoms with Crippen molar-refractivity contribution in [1.82, 2.24) is 15.0 Å². The normalized spacial score (nSPS) is 12.3. The van der Waals surface area contributed by atoms with Gasteiger partial charge in [-0.15, -0.1) is 64.9 Å². The van der Waals surface area contributed by atoms with Crippen molar-refractivity contribution < 1.29 is 28.6 Å². The van der Waals surface area contributed by atoms with Gasteiger partial charge in [-0.25, -0.2) is 4.98 Å². The first-order valence-electron chi connectivity index (χ1n) is 13.7. The molecule has 0 fully saturated rings. The molecule has 6 heteroatoms. The Labute approximate surface area is 249 Å². The third kappa shape index (κ3) is 5.41. The van der Waals surface area contributed by atoms with Gasteiger partial charge in [0.2, 0.25) is 5.71 Å². The average molecular weight is 707 g/mol. The fraction of sp³-hybridized carbons (Fsp3) is 0.121. The standard InChI is InChI=1S/C19H11N2OS.C14H14N.Ir/c1-11-5-6-14-13-3-2-4-15(18(13)22-19(14)21-11)16-9-17-12(10-20-16)7-8-23-17;1-10-4-6-13(7-5-10)14-8-11(2)12(3)9-15-14;/h2-3,5-10H,1H3;4-6,8-9H,1-3H3;/q2*-1;/i1D3;;. The van der Waals surface area contributed by atoms with Crippen LogP contribution in [0.2, 0.25) is 0 Å². The number of hydrogen-bond donors (Lipinski definition) is 0. The largest absolute Gasteiger partial charge is 0.486 e. The molecule has 0 aliphatic rings. The van der Waals surface area contributed by atoms with E-state index in [0.29, 0.717) is 11.3 Å². The van der Waals surface area contributed by atoms with Gasteiger partial charge in [-0.1, -0.05) is 35.6 Å². The molecule has 0 saturated carbocycles. The molecule has 39 heavy (non-hydrogen) atoms. The van der Waals surface area contributed by atoms with E-state index in [1.54, 1.807) is 17.4 Å². The van der Waals surface area contributed by atoms with E-state index in [1.165, 1.54) is 22.8 Å². The second-order valence-electron chi connectivity index (χ2n) is 9.21. The smallest absolute Gasteiger partial charge is 0.216 e. The quantitative estimate of drug-likeness (QED) is 0.169. The van der Waals surface area contributed by atoms with Crippen molar-refractivity contribution in [3.63, 3.8) is 0 Å². The fourth-order valence-electron chi connectivity index (χ4n) is 4.24. The Balaban J connectivity index is 0.000000189. The SMILES string of the molecule is Cc1c[c-]c(-c2cc(C)c(C)cn2)cc1.[2H]C([2H])([2H])c1ccc2c(n1)oc1c(-c3cc4sccc4cn3)[c-]ccc12.[Ir]. The van der Waals surface area contributed by atoms with Crippen molar-refractivity contribution in [1.29, 1.82) is 0 Å². The van der Waals surface area contributed by atoms with Crippen LogP contribution in [0.15, 0.2) is 82.9 Å². The van der Waals surface area contributed by atoms with E-state index < -0.39 is 6.85 Å². The molecule has 0 spiro atoms. The molecule has 0 N–H and O–H groups in total. The zero-order valence-corrected chi connectivity index (χ0v) is 24.7. The molecule has 0 unspecified atom stereocenters. The Morgan fingerprint density at radius 3 is 2.54 bits per heavy atom. The topological polar surface area (TPSA) is 51.8 Å². The molecular weight excluding hydrogens is 679 g/mol. The van der Waals surface area contributed by atoms with E-state index in [-0.39, 0.29) is 25.8 Å². The zero-order valence-electron chi connectivity index (χ0n) is 24.5. The number of rotatable bonds is 2. The molecule has 0 atom stereocenters. The number of pyridine rings is 3. The first-order valence-corrected chi connectivity index (χ1v) is 13.1. The number of furan rings is 1. The van der Waals surface area contributed by atoms with Crippen molar-refractivity contribution in [2.75, 3.05) is 0 Å². The van der Waals surface area contributed by atoms with Crippen LogP contribution in [0.25, 0.3) is 54.7 Å². The van der Waals surface area contributed by atoms with Gasteiger partial charge >= 0.3 is 0 Å². The summed E-state index contributed by atoms with van der Waals surface area (Å²) in [5.41, 5.74) is 8.23. The molecule has 2 aromatic carbocycles. The van der Waals surface area contributed by atoms with Gasteiger partial charge < -0.3 is 14.4 Å². The molecule has 1 radical (unpaired) electrons. The second kappa shape index (κ2) is 11.2. The third-order valence-electron chi connectivity index (χ3n) is 6.51. The molecule has 0 bridgehead atoms. The molecule has 0 aliphatic heterocycles. The van der Waals surface area contributed by atoms with Crippen LogP contribution < -0.4 is 0 Å². The number of nitrogens with zero attached hydrogens (tertiary/aromatic N) is 3. The van der Waals surface area contributed by atoms with Gasteiger partial charge in [0.25, 0.3) is 0 Å². The molecule has 7 aromatic rings. The minimum absolute atomic E-state index is 0. The van der Waals surface area contributed by atoms with Gasteiger partial charge in [-0.05, 0) is 61.2 Å². The Kier molecular flexibility index (Phi) is 6.66. The Morgan fingerprint density at radius 1 is 0.872 bits per heavy atom. The van der Waals surface area contributed by atoms with E-state index in [0.717, 1.165) is 43.4 Å². The summed E-state index contributed by atoms with van der Waals surface area (Å²) in [7, 11) is 0. The van der Waals surface area contributed by atoms with Crippen LogP contribution in [0.4, 0.5) is 0 Å². The van der Waals surface area contributed by atoms with Crippen LogP contribution in [0.1, 0.15) is 26.5 Å². The van der Waals surface area contributed by atoms with Gasteiger partial charge in [-0.3, -0.25) is 0 Å². The van der Waals surface area contributed by atoms with Crippen molar-refractivity contribution in [3.05, 3.63) is 113 Å². The first kappa shape index (κ1) is 23.2. The molecule has 0 aliphatic carbocycles. The summed E-state index contributed by atoms with van der Waals surface area (Å²) < 4.78 is 29.7. The van der Waals surface area contributed by atoms with Gasteiger partial charge in [-0.2, -0.15) is 0 Å². The second-order valence-corrected chi connectivity index (χ2v) is 10.2. The molecule has 195 valence electrons. The van der Waals surface area contributed by atoms with Crippen molar-refractivity contribution in [2.24, 2.45) is 0 Å². The molecule has 5 heterocycles. The number of fused-ring (bicyclic) bond motifs is 4. The predicted octanol–water partition coefficient (Wildman–Crippen LogP) is 8.84. The molecule has 0 amide bonds. The summed E-state index contributed by atoms with van der Waals surface area (Å²) in [6.45, 7) is 3.97. The van der Waals surface area contributed by atoms with Crippen LogP contribution in [0.5, 0.6) is 0 Å². The minimum atomic E-state index is -2.27. The summed E-state index contributed by atoms with van der Waals surface area (Å²) in [5, 5.41) is 4.77. The van der Waals surface area contributed by atoms with Gasteiger partial charge in [0.1, 0.15) is 0 Å². The third-order valence-corrected chi connectivity index (χ3v) is 7.39. The van der Waals surface area contributed by atoms with Gasteiger partial charge in [0, 0.05) is 57.8 Å². The maximum Gasteiger partial charge on any atom is 0.216 e. The van der Waals surface area contributed by atoms with E-state index >= 15 is 0 Å². The maximum absolute atomic E-state index is 7.54. The molecule has 4 nitrogen and oxygen atoms in total. The summed E-state index contributed by atoms with van der Waals surface area (Å²) in [4.78, 5) is 13.1. The molecule has 0 saturated heterocycles. The number of benzene rings is 2. The first-order chi connectivity index (χ1) is 19.7. The number of aromatic nitrogens is 3. The molecule has 7 rings (SSSR count). The number of aryl methyl sites for hydroxylation is 4. The summed E-state index contributed by atoms with van der Waals surface area (Å²) in [6.07, 6.45) is 3.75. The maximum atomic E-state index is 7.54. The molecular formula is C33H25IrN3OS-2. The monoisotopic (exact) mass is 707 g/mol. The van der Waals surface area contributed by atoms with Crippen LogP contribution in [-0.4, -0.2) is 15.0 Å². The summed E-state index contributed by atoms with van der Waals surface area (Å²) in [6, 6.07) is 25.7. The van der Waals surface area contributed by atoms with Gasteiger partial charge in [0.15, 0.2) is 0 Å².